The first-order chi connectivity index (χ1) is 4.95. The number of carbonyl (C=O) groups excluding carboxylic acids is 1. The molecule has 0 bridgehead atoms. The summed E-state index contributed by atoms with van der Waals surface area (Å²) in [7, 11) is 0. The van der Waals surface area contributed by atoms with Gasteiger partial charge in [-0.15, -0.1) is 0 Å². The second kappa shape index (κ2) is 4.02. The van der Waals surface area contributed by atoms with E-state index in [0.717, 1.165) is 0 Å². The van der Waals surface area contributed by atoms with Crippen molar-refractivity contribution in [3.05, 3.63) is 12.2 Å². The van der Waals surface area contributed by atoms with Crippen LogP contribution in [0.2, 0.25) is 0 Å². The quantitative estimate of drug-likeness (QED) is 0.495. The highest BCUT2D eigenvalue weighted by atomic mass is 19.2. The van der Waals surface area contributed by atoms with Crippen LogP contribution in [0.5, 0.6) is 0 Å². The first-order valence-electron chi connectivity index (χ1n) is 2.78. The summed E-state index contributed by atoms with van der Waals surface area (Å²) < 4.78 is 27.4. The van der Waals surface area contributed by atoms with Gasteiger partial charge in [0.15, 0.2) is 0 Å². The topological polar surface area (TPSA) is 46.5 Å². The highest BCUT2D eigenvalue weighted by Crippen LogP contribution is 2.05. The molecule has 0 spiro atoms. The Kier molecular flexibility index (Phi) is 3.67. The molecule has 3 nitrogen and oxygen atoms in total. The predicted octanol–water partition coefficient (Wildman–Crippen LogP) is 0.689. The summed E-state index contributed by atoms with van der Waals surface area (Å²) >= 11 is 0. The summed E-state index contributed by atoms with van der Waals surface area (Å²) in [6.45, 7) is 4.40. The maximum atomic E-state index is 12.0. The number of hydrogen-bond acceptors (Lipinski definition) is 3. The van der Waals surface area contributed by atoms with Crippen LogP contribution in [0.3, 0.4) is 0 Å². The highest BCUT2D eigenvalue weighted by molar-refractivity contribution is 5.87. The number of rotatable bonds is 3. The van der Waals surface area contributed by atoms with Crippen LogP contribution >= 0.6 is 0 Å². The van der Waals surface area contributed by atoms with Gasteiger partial charge in [-0.05, 0) is 6.92 Å². The molecule has 0 aliphatic rings. The largest absolute Gasteiger partial charge is 0.422 e. The summed E-state index contributed by atoms with van der Waals surface area (Å²) in [5, 5.41) is 7.90. The van der Waals surface area contributed by atoms with Crippen molar-refractivity contribution in [2.75, 3.05) is 0 Å². The fourth-order valence-corrected chi connectivity index (χ4v) is 0.259. The summed E-state index contributed by atoms with van der Waals surface area (Å²) in [5.41, 5.74) is -0.0618. The first kappa shape index (κ1) is 10.0. The Bertz CT molecular complexity index is 167. The SMILES string of the molecule is C=C(C)C(=O)OC(F)C(O)F. The molecular formula is C6H8F2O3. The maximum Gasteiger partial charge on any atom is 0.335 e. The zero-order valence-corrected chi connectivity index (χ0v) is 5.88. The van der Waals surface area contributed by atoms with E-state index in [1.807, 2.05) is 0 Å². The predicted molar refractivity (Wildman–Crippen MR) is 32.9 cm³/mol. The molecule has 0 rings (SSSR count). The molecule has 0 fully saturated rings. The van der Waals surface area contributed by atoms with Gasteiger partial charge in [-0.2, -0.15) is 4.39 Å². The number of halogens is 2. The number of carbonyl (C=O) groups is 1. The van der Waals surface area contributed by atoms with Crippen LogP contribution in [-0.4, -0.2) is 23.8 Å². The van der Waals surface area contributed by atoms with E-state index in [2.05, 4.69) is 11.3 Å². The fourth-order valence-electron chi connectivity index (χ4n) is 0.259. The lowest BCUT2D eigenvalue weighted by atomic mass is 10.4. The van der Waals surface area contributed by atoms with Crippen LogP contribution in [0.4, 0.5) is 8.78 Å². The van der Waals surface area contributed by atoms with E-state index >= 15 is 0 Å². The van der Waals surface area contributed by atoms with E-state index in [1.54, 1.807) is 0 Å². The molecule has 5 heteroatoms. The van der Waals surface area contributed by atoms with Crippen molar-refractivity contribution in [1.29, 1.82) is 0 Å². The molecule has 0 aliphatic carbocycles. The Morgan fingerprint density at radius 3 is 2.36 bits per heavy atom. The van der Waals surface area contributed by atoms with E-state index in [1.165, 1.54) is 6.92 Å². The average molecular weight is 166 g/mol. The third kappa shape index (κ3) is 3.67. The zero-order valence-electron chi connectivity index (χ0n) is 5.88. The molecule has 2 atom stereocenters. The lowest BCUT2D eigenvalue weighted by Gasteiger charge is -2.08. The van der Waals surface area contributed by atoms with Gasteiger partial charge in [-0.25, -0.2) is 9.18 Å². The second-order valence-corrected chi connectivity index (χ2v) is 1.91. The Balaban J connectivity index is 3.85. The van der Waals surface area contributed by atoms with Crippen LogP contribution in [0.1, 0.15) is 6.92 Å². The van der Waals surface area contributed by atoms with Gasteiger partial charge in [-0.1, -0.05) is 6.58 Å². The van der Waals surface area contributed by atoms with Crippen molar-refractivity contribution in [1.82, 2.24) is 0 Å². The molecule has 0 radical (unpaired) electrons. The standard InChI is InChI=1S/C6H8F2O3/c1-3(2)6(10)11-5(8)4(7)9/h4-5,9H,1H2,2H3. The van der Waals surface area contributed by atoms with Crippen molar-refractivity contribution in [2.24, 2.45) is 0 Å². The number of aliphatic hydroxyl groups excluding tert-OH is 1. The smallest absolute Gasteiger partial charge is 0.335 e. The average Bonchev–Trinajstić information content (AvgIpc) is 1.87. The molecule has 2 unspecified atom stereocenters. The lowest BCUT2D eigenvalue weighted by molar-refractivity contribution is -0.181. The van der Waals surface area contributed by atoms with Gasteiger partial charge in [0.2, 0.25) is 0 Å². The van der Waals surface area contributed by atoms with Crippen LogP contribution < -0.4 is 0 Å². The van der Waals surface area contributed by atoms with Crippen molar-refractivity contribution in [2.45, 2.75) is 19.6 Å². The Morgan fingerprint density at radius 1 is 1.64 bits per heavy atom. The molecule has 11 heavy (non-hydrogen) atoms. The zero-order chi connectivity index (χ0) is 9.02. The molecule has 0 saturated carbocycles. The minimum atomic E-state index is -2.81. The molecule has 0 saturated heterocycles. The van der Waals surface area contributed by atoms with Crippen LogP contribution in [0, 0.1) is 0 Å². The van der Waals surface area contributed by atoms with Crippen LogP contribution in [0.15, 0.2) is 12.2 Å². The van der Waals surface area contributed by atoms with Crippen LogP contribution in [0.25, 0.3) is 0 Å². The molecule has 0 aromatic heterocycles. The number of aliphatic hydroxyl groups is 1. The minimum absolute atomic E-state index is 0.0618. The molecular weight excluding hydrogens is 158 g/mol. The summed E-state index contributed by atoms with van der Waals surface area (Å²) in [5.74, 6) is -1.07. The molecule has 64 valence electrons. The van der Waals surface area contributed by atoms with E-state index in [0.29, 0.717) is 0 Å². The monoisotopic (exact) mass is 166 g/mol. The Labute approximate surface area is 62.3 Å². The first-order valence-corrected chi connectivity index (χ1v) is 2.78. The summed E-state index contributed by atoms with van der Waals surface area (Å²) in [6.07, 6.45) is -5.45. The van der Waals surface area contributed by atoms with Gasteiger partial charge < -0.3 is 9.84 Å². The van der Waals surface area contributed by atoms with E-state index in [9.17, 15) is 13.6 Å². The van der Waals surface area contributed by atoms with Gasteiger partial charge >= 0.3 is 5.97 Å². The summed E-state index contributed by atoms with van der Waals surface area (Å²) in [4.78, 5) is 10.4. The van der Waals surface area contributed by atoms with Crippen molar-refractivity contribution in [3.8, 4) is 0 Å². The number of ether oxygens (including phenoxy) is 1. The van der Waals surface area contributed by atoms with Gasteiger partial charge in [0.1, 0.15) is 0 Å². The maximum absolute atomic E-state index is 12.0. The molecule has 0 aromatic rings. The van der Waals surface area contributed by atoms with E-state index in [4.69, 9.17) is 5.11 Å². The van der Waals surface area contributed by atoms with Gasteiger partial charge in [0.05, 0.1) is 0 Å². The minimum Gasteiger partial charge on any atom is -0.422 e. The van der Waals surface area contributed by atoms with E-state index in [-0.39, 0.29) is 5.57 Å². The fraction of sp³-hybridized carbons (Fsp3) is 0.500. The number of alkyl halides is 2. The number of hydrogen-bond donors (Lipinski definition) is 1. The van der Waals surface area contributed by atoms with Crippen molar-refractivity contribution >= 4 is 5.97 Å². The molecule has 0 heterocycles. The molecule has 0 aromatic carbocycles. The van der Waals surface area contributed by atoms with Crippen LogP contribution in [-0.2, 0) is 9.53 Å². The Morgan fingerprint density at radius 2 is 2.09 bits per heavy atom. The molecule has 0 amide bonds. The Hall–Kier alpha value is -0.970. The van der Waals surface area contributed by atoms with Gasteiger partial charge in [0.25, 0.3) is 12.7 Å². The third-order valence-electron chi connectivity index (χ3n) is 0.784. The molecule has 0 aliphatic heterocycles. The van der Waals surface area contributed by atoms with Crippen molar-refractivity contribution in [3.63, 3.8) is 0 Å². The van der Waals surface area contributed by atoms with Gasteiger partial charge in [-0.3, -0.25) is 0 Å². The van der Waals surface area contributed by atoms with E-state index < -0.39 is 18.7 Å². The normalized spacial score (nSPS) is 15.3. The second-order valence-electron chi connectivity index (χ2n) is 1.91. The highest BCUT2D eigenvalue weighted by Gasteiger charge is 2.21. The summed E-state index contributed by atoms with van der Waals surface area (Å²) in [6, 6.07) is 0. The molecule has 1 N–H and O–H groups in total. The third-order valence-corrected chi connectivity index (χ3v) is 0.784. The van der Waals surface area contributed by atoms with Gasteiger partial charge in [0, 0.05) is 5.57 Å². The van der Waals surface area contributed by atoms with Crippen molar-refractivity contribution < 1.29 is 23.4 Å². The number of esters is 1. The lowest BCUT2D eigenvalue weighted by Crippen LogP contribution is -2.23.